The molecule has 1 aliphatic rings. The summed E-state index contributed by atoms with van der Waals surface area (Å²) in [5.74, 6) is 0.407. The van der Waals surface area contributed by atoms with Gasteiger partial charge in [-0.15, -0.1) is 0 Å². The summed E-state index contributed by atoms with van der Waals surface area (Å²) in [5.41, 5.74) is 2.39. The van der Waals surface area contributed by atoms with Crippen molar-refractivity contribution in [2.75, 3.05) is 18.0 Å². The van der Waals surface area contributed by atoms with Crippen LogP contribution in [-0.4, -0.2) is 24.2 Å². The highest BCUT2D eigenvalue weighted by molar-refractivity contribution is 5.95. The molecule has 3 nitrogen and oxygen atoms in total. The molecule has 1 fully saturated rings. The third kappa shape index (κ3) is 2.50. The number of piperidine rings is 1. The maximum Gasteiger partial charge on any atom is 0.337 e. The molecule has 1 heterocycles. The number of carboxylic acid groups (broad SMARTS) is 1. The van der Waals surface area contributed by atoms with Gasteiger partial charge in [-0.1, -0.05) is 26.0 Å². The second-order valence-electron chi connectivity index (χ2n) is 5.63. The van der Waals surface area contributed by atoms with Gasteiger partial charge in [-0.3, -0.25) is 0 Å². The van der Waals surface area contributed by atoms with E-state index >= 15 is 0 Å². The molecular formula is C15H21NO2. The molecule has 2 atom stereocenters. The number of aryl methyl sites for hydroxylation is 1. The van der Waals surface area contributed by atoms with Crippen LogP contribution >= 0.6 is 0 Å². The quantitative estimate of drug-likeness (QED) is 0.872. The molecule has 1 aromatic carbocycles. The second kappa shape index (κ2) is 5.01. The van der Waals surface area contributed by atoms with E-state index < -0.39 is 5.97 Å². The Bertz CT molecular complexity index is 446. The van der Waals surface area contributed by atoms with Crippen molar-refractivity contribution in [3.05, 3.63) is 29.3 Å². The smallest absolute Gasteiger partial charge is 0.337 e. The topological polar surface area (TPSA) is 40.5 Å². The van der Waals surface area contributed by atoms with E-state index in [-0.39, 0.29) is 0 Å². The fourth-order valence-electron chi connectivity index (χ4n) is 3.10. The molecule has 2 rings (SSSR count). The van der Waals surface area contributed by atoms with Crippen LogP contribution in [0.15, 0.2) is 18.2 Å². The Hall–Kier alpha value is -1.51. The molecule has 1 N–H and O–H groups in total. The van der Waals surface area contributed by atoms with E-state index in [9.17, 15) is 9.90 Å². The molecular weight excluding hydrogens is 226 g/mol. The van der Waals surface area contributed by atoms with Gasteiger partial charge in [0.1, 0.15) is 0 Å². The lowest BCUT2D eigenvalue weighted by molar-refractivity contribution is 0.0697. The highest BCUT2D eigenvalue weighted by atomic mass is 16.4. The molecule has 98 valence electrons. The minimum absolute atomic E-state index is 0.427. The van der Waals surface area contributed by atoms with Gasteiger partial charge in [0, 0.05) is 13.1 Å². The Morgan fingerprint density at radius 1 is 1.28 bits per heavy atom. The predicted octanol–water partition coefficient (Wildman–Crippen LogP) is 3.18. The number of carboxylic acids is 1. The largest absolute Gasteiger partial charge is 0.478 e. The van der Waals surface area contributed by atoms with Crippen LogP contribution in [0.3, 0.4) is 0 Å². The zero-order chi connectivity index (χ0) is 13.3. The van der Waals surface area contributed by atoms with E-state index in [0.717, 1.165) is 24.3 Å². The maximum absolute atomic E-state index is 11.4. The number of anilines is 1. The lowest BCUT2D eigenvalue weighted by atomic mass is 9.90. The summed E-state index contributed by atoms with van der Waals surface area (Å²) in [5, 5.41) is 9.33. The van der Waals surface area contributed by atoms with Crippen LogP contribution in [0.1, 0.15) is 36.2 Å². The van der Waals surface area contributed by atoms with E-state index in [4.69, 9.17) is 0 Å². The summed E-state index contributed by atoms with van der Waals surface area (Å²) in [6.07, 6.45) is 1.23. The highest BCUT2D eigenvalue weighted by Crippen LogP contribution is 2.31. The average molecular weight is 247 g/mol. The van der Waals surface area contributed by atoms with Crippen LogP contribution in [0.2, 0.25) is 0 Å². The molecule has 18 heavy (non-hydrogen) atoms. The molecule has 0 bridgehead atoms. The van der Waals surface area contributed by atoms with Gasteiger partial charge in [-0.2, -0.15) is 0 Å². The fourth-order valence-corrected chi connectivity index (χ4v) is 3.10. The number of rotatable bonds is 2. The van der Waals surface area contributed by atoms with Gasteiger partial charge in [0.15, 0.2) is 0 Å². The Labute approximate surface area is 108 Å². The van der Waals surface area contributed by atoms with Crippen molar-refractivity contribution in [3.63, 3.8) is 0 Å². The number of para-hydroxylation sites is 1. The molecule has 1 aliphatic heterocycles. The van der Waals surface area contributed by atoms with Gasteiger partial charge in [-0.05, 0) is 36.8 Å². The normalized spacial score (nSPS) is 24.1. The Kier molecular flexibility index (Phi) is 3.60. The number of hydrogen-bond acceptors (Lipinski definition) is 2. The van der Waals surface area contributed by atoms with Gasteiger partial charge in [-0.25, -0.2) is 4.79 Å². The molecule has 0 amide bonds. The average Bonchev–Trinajstić information content (AvgIpc) is 2.26. The van der Waals surface area contributed by atoms with Crippen molar-refractivity contribution in [1.82, 2.24) is 0 Å². The van der Waals surface area contributed by atoms with Crippen molar-refractivity contribution in [3.8, 4) is 0 Å². The van der Waals surface area contributed by atoms with E-state index in [2.05, 4.69) is 18.7 Å². The van der Waals surface area contributed by atoms with E-state index in [0.29, 0.717) is 17.4 Å². The van der Waals surface area contributed by atoms with Crippen molar-refractivity contribution >= 4 is 11.7 Å². The van der Waals surface area contributed by atoms with Crippen LogP contribution in [0.5, 0.6) is 0 Å². The first-order valence-electron chi connectivity index (χ1n) is 6.57. The van der Waals surface area contributed by atoms with Crippen molar-refractivity contribution < 1.29 is 9.90 Å². The first kappa shape index (κ1) is 12.9. The van der Waals surface area contributed by atoms with E-state index in [1.165, 1.54) is 6.42 Å². The van der Waals surface area contributed by atoms with Crippen LogP contribution in [0.4, 0.5) is 5.69 Å². The zero-order valence-corrected chi connectivity index (χ0v) is 11.3. The minimum atomic E-state index is -0.834. The number of aromatic carboxylic acids is 1. The SMILES string of the molecule is Cc1cccc(C(=O)O)c1N1CC(C)CC(C)C1. The van der Waals surface area contributed by atoms with Crippen LogP contribution in [0, 0.1) is 18.8 Å². The molecule has 1 saturated heterocycles. The van der Waals surface area contributed by atoms with Gasteiger partial charge >= 0.3 is 5.97 Å². The fraction of sp³-hybridized carbons (Fsp3) is 0.533. The van der Waals surface area contributed by atoms with Crippen molar-refractivity contribution in [1.29, 1.82) is 0 Å². The molecule has 0 spiro atoms. The van der Waals surface area contributed by atoms with Crippen LogP contribution in [0.25, 0.3) is 0 Å². The molecule has 0 saturated carbocycles. The number of carbonyl (C=O) groups is 1. The summed E-state index contributed by atoms with van der Waals surface area (Å²) in [6.45, 7) is 8.37. The number of hydrogen-bond donors (Lipinski definition) is 1. The van der Waals surface area contributed by atoms with Gasteiger partial charge in [0.25, 0.3) is 0 Å². The summed E-state index contributed by atoms with van der Waals surface area (Å²) >= 11 is 0. The molecule has 2 unspecified atom stereocenters. The lowest BCUT2D eigenvalue weighted by Gasteiger charge is -2.38. The zero-order valence-electron chi connectivity index (χ0n) is 11.3. The summed E-state index contributed by atoms with van der Waals surface area (Å²) < 4.78 is 0. The minimum Gasteiger partial charge on any atom is -0.478 e. The van der Waals surface area contributed by atoms with Gasteiger partial charge < -0.3 is 10.0 Å². The van der Waals surface area contributed by atoms with Crippen LogP contribution in [-0.2, 0) is 0 Å². The van der Waals surface area contributed by atoms with Gasteiger partial charge in [0.2, 0.25) is 0 Å². The molecule has 0 aliphatic carbocycles. The van der Waals surface area contributed by atoms with E-state index in [1.807, 2.05) is 19.1 Å². The monoisotopic (exact) mass is 247 g/mol. The van der Waals surface area contributed by atoms with Crippen molar-refractivity contribution in [2.45, 2.75) is 27.2 Å². The molecule has 1 aromatic rings. The standard InChI is InChI=1S/C15H21NO2/c1-10-7-11(2)9-16(8-10)14-12(3)5-4-6-13(14)15(17)18/h4-6,10-11H,7-9H2,1-3H3,(H,17,18). The lowest BCUT2D eigenvalue weighted by Crippen LogP contribution is -2.39. The molecule has 3 heteroatoms. The number of benzene rings is 1. The maximum atomic E-state index is 11.4. The summed E-state index contributed by atoms with van der Waals surface area (Å²) in [4.78, 5) is 13.6. The van der Waals surface area contributed by atoms with Crippen LogP contribution < -0.4 is 4.90 Å². The molecule has 0 aromatic heterocycles. The first-order chi connectivity index (χ1) is 8.49. The van der Waals surface area contributed by atoms with E-state index in [1.54, 1.807) is 6.07 Å². The summed E-state index contributed by atoms with van der Waals surface area (Å²) in [7, 11) is 0. The third-order valence-electron chi connectivity index (χ3n) is 3.65. The Balaban J connectivity index is 2.40. The predicted molar refractivity (Wildman–Crippen MR) is 73.3 cm³/mol. The third-order valence-corrected chi connectivity index (χ3v) is 3.65. The van der Waals surface area contributed by atoms with Crippen molar-refractivity contribution in [2.24, 2.45) is 11.8 Å². The second-order valence-corrected chi connectivity index (χ2v) is 5.63. The molecule has 0 radical (unpaired) electrons. The van der Waals surface area contributed by atoms with Gasteiger partial charge in [0.05, 0.1) is 11.3 Å². The summed E-state index contributed by atoms with van der Waals surface area (Å²) in [6, 6.07) is 5.51. The highest BCUT2D eigenvalue weighted by Gasteiger charge is 2.25. The first-order valence-corrected chi connectivity index (χ1v) is 6.57. The Morgan fingerprint density at radius 3 is 2.44 bits per heavy atom. The Morgan fingerprint density at radius 2 is 1.89 bits per heavy atom. The number of nitrogens with zero attached hydrogens (tertiary/aromatic N) is 1.